The summed E-state index contributed by atoms with van der Waals surface area (Å²) in [6.45, 7) is 7.76. The average molecular weight is 390 g/mol. The lowest BCUT2D eigenvalue weighted by molar-refractivity contribution is 0.00578. The lowest BCUT2D eigenvalue weighted by Gasteiger charge is -2.32. The Balaban J connectivity index is 1.90. The quantitative estimate of drug-likeness (QED) is 0.681. The number of halogens is 2. The molecule has 0 aromatic heterocycles. The van der Waals surface area contributed by atoms with Gasteiger partial charge >= 0.3 is 7.12 Å². The molecule has 2 aromatic carbocycles. The molecule has 1 saturated heterocycles. The van der Waals surface area contributed by atoms with E-state index in [1.165, 1.54) is 6.07 Å². The van der Waals surface area contributed by atoms with Crippen LogP contribution in [0.4, 0.5) is 8.78 Å². The Bertz CT molecular complexity index is 806. The van der Waals surface area contributed by atoms with Crippen LogP contribution in [0.15, 0.2) is 42.5 Å². The second kappa shape index (κ2) is 7.72. The minimum absolute atomic E-state index is 0.147. The van der Waals surface area contributed by atoms with Crippen LogP contribution in [-0.2, 0) is 15.9 Å². The van der Waals surface area contributed by atoms with Crippen molar-refractivity contribution < 1.29 is 27.6 Å². The van der Waals surface area contributed by atoms with Crippen LogP contribution < -0.4 is 14.9 Å². The first kappa shape index (κ1) is 20.6. The highest BCUT2D eigenvalue weighted by Gasteiger charge is 2.53. The molecule has 1 fully saturated rings. The molecular formula is C21H25BF2O4. The topological polar surface area (TPSA) is 36.9 Å². The van der Waals surface area contributed by atoms with E-state index in [9.17, 15) is 8.78 Å². The number of benzene rings is 2. The highest BCUT2D eigenvalue weighted by atomic mass is 19.3. The lowest BCUT2D eigenvalue weighted by Crippen LogP contribution is -2.41. The van der Waals surface area contributed by atoms with Gasteiger partial charge in [-0.15, -0.1) is 0 Å². The minimum Gasteiger partial charge on any atom is -0.497 e. The number of hydrogen-bond donors (Lipinski definition) is 0. The highest BCUT2D eigenvalue weighted by molar-refractivity contribution is 6.63. The fraction of sp³-hybridized carbons (Fsp3) is 0.429. The van der Waals surface area contributed by atoms with Crippen LogP contribution >= 0.6 is 0 Å². The van der Waals surface area contributed by atoms with Crippen molar-refractivity contribution in [3.05, 3.63) is 53.6 Å². The van der Waals surface area contributed by atoms with Crippen LogP contribution in [0.25, 0.3) is 0 Å². The van der Waals surface area contributed by atoms with E-state index in [0.29, 0.717) is 5.75 Å². The minimum atomic E-state index is -2.67. The van der Waals surface area contributed by atoms with Gasteiger partial charge in [0.15, 0.2) is 0 Å². The van der Waals surface area contributed by atoms with Crippen molar-refractivity contribution in [2.24, 2.45) is 0 Å². The molecule has 0 N–H and O–H groups in total. The smallest absolute Gasteiger partial charge is 0.497 e. The SMILES string of the molecule is COc1ccc(COc2cccc(C(F)F)c2B2OC(C)(C)C(C)(C)O2)cc1. The lowest BCUT2D eigenvalue weighted by atomic mass is 9.75. The molecule has 7 heteroatoms. The van der Waals surface area contributed by atoms with Gasteiger partial charge < -0.3 is 18.8 Å². The van der Waals surface area contributed by atoms with Gasteiger partial charge in [-0.1, -0.05) is 24.3 Å². The molecule has 0 saturated carbocycles. The van der Waals surface area contributed by atoms with Gasteiger partial charge in [-0.05, 0) is 51.5 Å². The first-order valence-electron chi connectivity index (χ1n) is 9.17. The first-order chi connectivity index (χ1) is 13.1. The van der Waals surface area contributed by atoms with Gasteiger partial charge in [0.1, 0.15) is 18.1 Å². The molecule has 150 valence electrons. The number of rotatable bonds is 6. The summed E-state index contributed by atoms with van der Waals surface area (Å²) in [6.07, 6.45) is -2.67. The third kappa shape index (κ3) is 4.01. The van der Waals surface area contributed by atoms with Gasteiger partial charge in [0.2, 0.25) is 0 Å². The summed E-state index contributed by atoms with van der Waals surface area (Å²) in [4.78, 5) is 0. The molecule has 0 aliphatic carbocycles. The van der Waals surface area contributed by atoms with Crippen LogP contribution in [-0.4, -0.2) is 25.4 Å². The summed E-state index contributed by atoms with van der Waals surface area (Å²) in [5, 5.41) is 0. The van der Waals surface area contributed by atoms with E-state index < -0.39 is 24.7 Å². The van der Waals surface area contributed by atoms with E-state index in [-0.39, 0.29) is 17.6 Å². The van der Waals surface area contributed by atoms with Gasteiger partial charge in [-0.3, -0.25) is 0 Å². The first-order valence-corrected chi connectivity index (χ1v) is 9.17. The Morgan fingerprint density at radius 3 is 2.11 bits per heavy atom. The second-order valence-corrected chi connectivity index (χ2v) is 7.78. The summed E-state index contributed by atoms with van der Waals surface area (Å²) in [5.41, 5.74) is -0.293. The molecule has 0 spiro atoms. The molecule has 0 bridgehead atoms. The summed E-state index contributed by atoms with van der Waals surface area (Å²) in [7, 11) is 0.666. The van der Waals surface area contributed by atoms with Crippen LogP contribution in [0.2, 0.25) is 0 Å². The number of methoxy groups -OCH3 is 1. The fourth-order valence-electron chi connectivity index (χ4n) is 2.97. The zero-order valence-corrected chi connectivity index (χ0v) is 16.8. The van der Waals surface area contributed by atoms with Gasteiger partial charge in [-0.2, -0.15) is 0 Å². The van der Waals surface area contributed by atoms with E-state index in [2.05, 4.69) is 0 Å². The Kier molecular flexibility index (Phi) is 5.68. The van der Waals surface area contributed by atoms with Crippen molar-refractivity contribution in [2.45, 2.75) is 51.9 Å². The van der Waals surface area contributed by atoms with Crippen LogP contribution in [0, 0.1) is 0 Å². The van der Waals surface area contributed by atoms with Crippen LogP contribution in [0.3, 0.4) is 0 Å². The second-order valence-electron chi connectivity index (χ2n) is 7.78. The third-order valence-electron chi connectivity index (χ3n) is 5.38. The highest BCUT2D eigenvalue weighted by Crippen LogP contribution is 2.38. The molecule has 0 radical (unpaired) electrons. The van der Waals surface area contributed by atoms with Crippen molar-refractivity contribution >= 4 is 12.6 Å². The molecule has 0 amide bonds. The monoisotopic (exact) mass is 390 g/mol. The number of alkyl halides is 2. The van der Waals surface area contributed by atoms with E-state index in [1.54, 1.807) is 19.2 Å². The Morgan fingerprint density at radius 1 is 0.964 bits per heavy atom. The maximum absolute atomic E-state index is 13.7. The fourth-order valence-corrected chi connectivity index (χ4v) is 2.97. The van der Waals surface area contributed by atoms with E-state index in [4.69, 9.17) is 18.8 Å². The molecule has 2 aromatic rings. The summed E-state index contributed by atoms with van der Waals surface area (Å²) in [6, 6.07) is 12.0. The zero-order chi connectivity index (χ0) is 20.5. The maximum atomic E-state index is 13.7. The Labute approximate surface area is 164 Å². The Hall–Kier alpha value is -2.12. The number of hydrogen-bond acceptors (Lipinski definition) is 4. The molecule has 1 heterocycles. The largest absolute Gasteiger partial charge is 0.499 e. The standard InChI is InChI=1S/C21H25BF2O4/c1-20(2)21(3,4)28-22(27-20)18-16(19(23)24)7-6-8-17(18)26-13-14-9-11-15(25-5)12-10-14/h6-12,19H,13H2,1-5H3. The molecule has 4 nitrogen and oxygen atoms in total. The van der Waals surface area contributed by atoms with Crippen molar-refractivity contribution in [1.82, 2.24) is 0 Å². The molecule has 1 aliphatic rings. The van der Waals surface area contributed by atoms with Gasteiger partial charge in [-0.25, -0.2) is 8.78 Å². The van der Waals surface area contributed by atoms with Crippen molar-refractivity contribution in [3.63, 3.8) is 0 Å². The number of ether oxygens (including phenoxy) is 2. The van der Waals surface area contributed by atoms with Gasteiger partial charge in [0, 0.05) is 11.0 Å². The van der Waals surface area contributed by atoms with E-state index in [1.807, 2.05) is 52.0 Å². The predicted molar refractivity (Wildman–Crippen MR) is 104 cm³/mol. The molecule has 3 rings (SSSR count). The molecule has 0 atom stereocenters. The van der Waals surface area contributed by atoms with Crippen molar-refractivity contribution in [2.75, 3.05) is 7.11 Å². The molecule has 1 aliphatic heterocycles. The van der Waals surface area contributed by atoms with E-state index in [0.717, 1.165) is 11.3 Å². The van der Waals surface area contributed by atoms with E-state index >= 15 is 0 Å². The zero-order valence-electron chi connectivity index (χ0n) is 16.8. The molecule has 28 heavy (non-hydrogen) atoms. The van der Waals surface area contributed by atoms with Crippen molar-refractivity contribution in [3.8, 4) is 11.5 Å². The Morgan fingerprint density at radius 2 is 1.57 bits per heavy atom. The summed E-state index contributed by atoms with van der Waals surface area (Å²) in [5.74, 6) is 1.06. The van der Waals surface area contributed by atoms with Gasteiger partial charge in [0.05, 0.1) is 18.3 Å². The van der Waals surface area contributed by atoms with Gasteiger partial charge in [0.25, 0.3) is 6.43 Å². The average Bonchev–Trinajstić information content (AvgIpc) is 2.87. The normalized spacial score (nSPS) is 17.8. The maximum Gasteiger partial charge on any atom is 0.499 e. The van der Waals surface area contributed by atoms with Crippen LogP contribution in [0.5, 0.6) is 11.5 Å². The predicted octanol–water partition coefficient (Wildman–Crippen LogP) is 4.51. The van der Waals surface area contributed by atoms with Crippen molar-refractivity contribution in [1.29, 1.82) is 0 Å². The molecule has 0 unspecified atom stereocenters. The molecular weight excluding hydrogens is 365 g/mol. The summed E-state index contributed by atoms with van der Waals surface area (Å²) >= 11 is 0. The van der Waals surface area contributed by atoms with Crippen LogP contribution in [0.1, 0.15) is 45.2 Å². The summed E-state index contributed by atoms with van der Waals surface area (Å²) < 4.78 is 50.5. The third-order valence-corrected chi connectivity index (χ3v) is 5.38.